The van der Waals surface area contributed by atoms with Gasteiger partial charge in [0.2, 0.25) is 0 Å². The third-order valence-electron chi connectivity index (χ3n) is 3.58. The van der Waals surface area contributed by atoms with E-state index in [1.54, 1.807) is 6.92 Å². The van der Waals surface area contributed by atoms with Crippen LogP contribution in [0.4, 0.5) is 5.69 Å². The van der Waals surface area contributed by atoms with Gasteiger partial charge in [0.15, 0.2) is 5.78 Å². The second kappa shape index (κ2) is 7.94. The van der Waals surface area contributed by atoms with Crippen molar-refractivity contribution in [1.82, 2.24) is 4.72 Å². The first kappa shape index (κ1) is 17.2. The predicted molar refractivity (Wildman–Crippen MR) is 94.2 cm³/mol. The van der Waals surface area contributed by atoms with Crippen molar-refractivity contribution < 1.29 is 9.12 Å². The first-order chi connectivity index (χ1) is 11.0. The van der Waals surface area contributed by atoms with E-state index in [2.05, 4.69) is 10.0 Å². The molecule has 23 heavy (non-hydrogen) atoms. The molecule has 0 aliphatic heterocycles. The summed E-state index contributed by atoms with van der Waals surface area (Å²) in [5.74, 6) is 0.0505. The maximum Gasteiger partial charge on any atom is 0.320 e. The number of carbonyl (C=O) groups is 1. The molecule has 1 atom stereocenters. The van der Waals surface area contributed by atoms with Gasteiger partial charge in [-0.3, -0.25) is 4.79 Å². The van der Waals surface area contributed by atoms with Crippen molar-refractivity contribution in [2.75, 3.05) is 11.9 Å². The molecule has 0 spiro atoms. The Bertz CT molecular complexity index is 721. The van der Waals surface area contributed by atoms with Crippen molar-refractivity contribution in [2.45, 2.75) is 26.3 Å². The molecule has 2 aromatic rings. The minimum atomic E-state index is -0.463. The van der Waals surface area contributed by atoms with Gasteiger partial charge in [-0.25, -0.2) is 10.1 Å². The van der Waals surface area contributed by atoms with Crippen molar-refractivity contribution in [2.24, 2.45) is 0 Å². The van der Waals surface area contributed by atoms with Gasteiger partial charge in [-0.15, -0.1) is 0 Å². The van der Waals surface area contributed by atoms with E-state index in [1.165, 1.54) is 0 Å². The molecule has 0 amide bonds. The average Bonchev–Trinajstić information content (AvgIpc) is 2.52. The Hall–Kier alpha value is -2.12. The molecule has 2 N–H and O–H groups in total. The van der Waals surface area contributed by atoms with E-state index in [9.17, 15) is 14.9 Å². The van der Waals surface area contributed by atoms with Crippen molar-refractivity contribution in [3.8, 4) is 0 Å². The molecule has 122 valence electrons. The average molecular weight is 333 g/mol. The zero-order chi connectivity index (χ0) is 16.8. The summed E-state index contributed by atoms with van der Waals surface area (Å²) in [5.41, 5.74) is 1.65. The maximum atomic E-state index is 11.4. The zero-order valence-corrected chi connectivity index (χ0v) is 13.9. The number of hydrogen-bond acceptors (Lipinski definition) is 6. The highest BCUT2D eigenvalue weighted by molar-refractivity contribution is 7.91. The van der Waals surface area contributed by atoms with Gasteiger partial charge in [0, 0.05) is 23.8 Å². The predicted octanol–water partition coefficient (Wildman–Crippen LogP) is 3.66. The quantitative estimate of drug-likeness (QED) is 0.332. The molecular formula is C16H19N3O3S. The van der Waals surface area contributed by atoms with Gasteiger partial charge in [-0.2, -0.15) is 4.72 Å². The molecular weight excluding hydrogens is 314 g/mol. The number of carbonyl (C=O) groups excluding carboxylic acids is 1. The summed E-state index contributed by atoms with van der Waals surface area (Å²) < 4.78 is 2.27. The fourth-order valence-electron chi connectivity index (χ4n) is 2.28. The lowest BCUT2D eigenvalue weighted by molar-refractivity contribution is -0.285. The molecule has 1 unspecified atom stereocenters. The van der Waals surface area contributed by atoms with E-state index in [4.69, 9.17) is 0 Å². The third kappa shape index (κ3) is 4.94. The summed E-state index contributed by atoms with van der Waals surface area (Å²) in [4.78, 5) is 21.7. The van der Waals surface area contributed by atoms with E-state index < -0.39 is 4.33 Å². The van der Waals surface area contributed by atoms with Crippen molar-refractivity contribution in [3.05, 3.63) is 52.1 Å². The first-order valence-electron chi connectivity index (χ1n) is 7.35. The smallest absolute Gasteiger partial charge is 0.320 e. The van der Waals surface area contributed by atoms with Crippen LogP contribution in [0.3, 0.4) is 0 Å². The summed E-state index contributed by atoms with van der Waals surface area (Å²) in [7, 11) is 0. The molecule has 6 nitrogen and oxygen atoms in total. The van der Waals surface area contributed by atoms with E-state index in [1.807, 2.05) is 43.3 Å². The minimum Gasteiger partial charge on any atom is -0.381 e. The highest BCUT2D eigenvalue weighted by Crippen LogP contribution is 2.21. The van der Waals surface area contributed by atoms with Crippen LogP contribution in [-0.4, -0.2) is 22.7 Å². The van der Waals surface area contributed by atoms with Crippen LogP contribution in [0, 0.1) is 10.1 Å². The molecule has 2 aromatic carbocycles. The molecule has 0 bridgehead atoms. The van der Waals surface area contributed by atoms with Gasteiger partial charge in [0.25, 0.3) is 0 Å². The number of anilines is 1. The highest BCUT2D eigenvalue weighted by atomic mass is 32.2. The van der Waals surface area contributed by atoms with Crippen LogP contribution in [0.25, 0.3) is 10.8 Å². The lowest BCUT2D eigenvalue weighted by Crippen LogP contribution is -2.29. The number of fused-ring (bicyclic) bond motifs is 1. The van der Waals surface area contributed by atoms with Gasteiger partial charge >= 0.3 is 12.1 Å². The van der Waals surface area contributed by atoms with Crippen LogP contribution in [0.1, 0.15) is 30.6 Å². The second-order valence-corrected chi connectivity index (χ2v) is 6.02. The highest BCUT2D eigenvalue weighted by Gasteiger charge is 2.09. The Morgan fingerprint density at radius 3 is 2.61 bits per heavy atom. The van der Waals surface area contributed by atoms with E-state index in [-0.39, 0.29) is 11.8 Å². The standard InChI is InChI=1S/C16H19N3O3S/c1-3-15(10-17-23-19(21)22)18-16-7-6-13-8-12(11(2)20)4-5-14(13)9-16/h4-9,15,17-18H,3,10H2,1-2H3. The third-order valence-corrected chi connectivity index (χ3v) is 4.02. The molecule has 0 aliphatic rings. The summed E-state index contributed by atoms with van der Waals surface area (Å²) in [6.45, 7) is 4.07. The normalized spacial score (nSPS) is 12.1. The monoisotopic (exact) mass is 333 g/mol. The summed E-state index contributed by atoms with van der Waals surface area (Å²) >= 11 is 0.493. The largest absolute Gasteiger partial charge is 0.381 e. The lowest BCUT2D eigenvalue weighted by atomic mass is 10.0. The van der Waals surface area contributed by atoms with Crippen LogP contribution >= 0.6 is 12.1 Å². The van der Waals surface area contributed by atoms with Crippen LogP contribution in [0.15, 0.2) is 36.4 Å². The number of benzene rings is 2. The van der Waals surface area contributed by atoms with Crippen molar-refractivity contribution >= 4 is 34.4 Å². The summed E-state index contributed by atoms with van der Waals surface area (Å²) in [5, 5.41) is 15.7. The molecule has 0 saturated heterocycles. The van der Waals surface area contributed by atoms with Crippen LogP contribution in [0.5, 0.6) is 0 Å². The molecule has 7 heteroatoms. The summed E-state index contributed by atoms with van der Waals surface area (Å²) in [6.07, 6.45) is 0.840. The Labute approximate surface area is 139 Å². The summed E-state index contributed by atoms with van der Waals surface area (Å²) in [6, 6.07) is 11.7. The minimum absolute atomic E-state index is 0.0505. The van der Waals surface area contributed by atoms with Crippen LogP contribution in [-0.2, 0) is 0 Å². The number of Topliss-reactive ketones (excluding diaryl/α,β-unsaturated/α-hetero) is 1. The number of nitrogens with one attached hydrogen (secondary N) is 2. The van der Waals surface area contributed by atoms with Gasteiger partial charge in [0.1, 0.15) is 4.33 Å². The Morgan fingerprint density at radius 2 is 1.96 bits per heavy atom. The van der Waals surface area contributed by atoms with Crippen molar-refractivity contribution in [3.63, 3.8) is 0 Å². The number of rotatable bonds is 8. The fraction of sp³-hybridized carbons (Fsp3) is 0.312. The number of ketones is 1. The Morgan fingerprint density at radius 1 is 1.26 bits per heavy atom. The lowest BCUT2D eigenvalue weighted by Gasteiger charge is -2.17. The molecule has 0 aliphatic carbocycles. The first-order valence-corrected chi connectivity index (χ1v) is 8.12. The maximum absolute atomic E-state index is 11.4. The van der Waals surface area contributed by atoms with Gasteiger partial charge in [-0.1, -0.05) is 25.1 Å². The SMILES string of the molecule is CCC(CNS[N+](=O)[O-])Nc1ccc2cc(C(C)=O)ccc2c1. The Kier molecular flexibility index (Phi) is 5.95. The van der Waals surface area contributed by atoms with E-state index in [0.717, 1.165) is 22.9 Å². The van der Waals surface area contributed by atoms with Gasteiger partial charge in [-0.05, 0) is 42.3 Å². The molecule has 0 aromatic heterocycles. The van der Waals surface area contributed by atoms with Gasteiger partial charge < -0.3 is 5.32 Å². The fourth-order valence-corrected chi connectivity index (χ4v) is 2.66. The van der Waals surface area contributed by atoms with Gasteiger partial charge in [0.05, 0.1) is 0 Å². The van der Waals surface area contributed by atoms with E-state index in [0.29, 0.717) is 24.2 Å². The Balaban J connectivity index is 2.08. The van der Waals surface area contributed by atoms with Crippen molar-refractivity contribution in [1.29, 1.82) is 0 Å². The van der Waals surface area contributed by atoms with E-state index >= 15 is 0 Å². The van der Waals surface area contributed by atoms with Crippen LogP contribution in [0.2, 0.25) is 0 Å². The number of hydrogen-bond donors (Lipinski definition) is 2. The molecule has 0 saturated carbocycles. The number of nitrogens with zero attached hydrogens (tertiary/aromatic N) is 1. The zero-order valence-electron chi connectivity index (χ0n) is 13.0. The topological polar surface area (TPSA) is 84.3 Å². The van der Waals surface area contributed by atoms with Crippen LogP contribution < -0.4 is 10.0 Å². The molecule has 0 fully saturated rings. The number of nitro groups is 1. The second-order valence-electron chi connectivity index (χ2n) is 5.25. The molecule has 0 radical (unpaired) electrons. The molecule has 0 heterocycles. The molecule has 2 rings (SSSR count).